The van der Waals surface area contributed by atoms with Gasteiger partial charge in [0.25, 0.3) is 5.91 Å². The van der Waals surface area contributed by atoms with Crippen molar-refractivity contribution in [2.75, 3.05) is 19.7 Å². The third-order valence-electron chi connectivity index (χ3n) is 7.14. The number of likely N-dealkylation sites (tertiary alicyclic amines) is 1. The monoisotopic (exact) mass is 461 g/mol. The predicted octanol–water partition coefficient (Wildman–Crippen LogP) is 2.88. The van der Waals surface area contributed by atoms with Gasteiger partial charge in [-0.25, -0.2) is 0 Å². The maximum Gasteiger partial charge on any atom is 0.256 e. The van der Waals surface area contributed by atoms with Gasteiger partial charge in [-0.3, -0.25) is 19.3 Å². The van der Waals surface area contributed by atoms with Gasteiger partial charge in [0.1, 0.15) is 11.8 Å². The van der Waals surface area contributed by atoms with E-state index in [9.17, 15) is 14.4 Å². The maximum atomic E-state index is 13.8. The summed E-state index contributed by atoms with van der Waals surface area (Å²) in [6, 6.07) is 16.4. The van der Waals surface area contributed by atoms with E-state index in [1.807, 2.05) is 60.4 Å². The topological polar surface area (TPSA) is 79.0 Å². The van der Waals surface area contributed by atoms with Gasteiger partial charge in [-0.2, -0.15) is 0 Å². The number of carbonyl (C=O) groups excluding carboxylic acids is 3. The second-order valence-electron chi connectivity index (χ2n) is 9.62. The molecule has 1 spiro atoms. The average Bonchev–Trinajstić information content (AvgIpc) is 3.65. The summed E-state index contributed by atoms with van der Waals surface area (Å²) < 4.78 is 6.26. The molecule has 2 aromatic rings. The Morgan fingerprint density at radius 2 is 1.76 bits per heavy atom. The lowest BCUT2D eigenvalue weighted by Crippen LogP contribution is -2.59. The highest BCUT2D eigenvalue weighted by Crippen LogP contribution is 2.40. The number of rotatable bonds is 5. The largest absolute Gasteiger partial charge is 0.353 e. The molecule has 7 heteroatoms. The molecule has 0 radical (unpaired) electrons. The third-order valence-corrected chi connectivity index (χ3v) is 7.14. The van der Waals surface area contributed by atoms with Crippen molar-refractivity contribution in [3.63, 3.8) is 0 Å². The van der Waals surface area contributed by atoms with E-state index < -0.39 is 11.8 Å². The van der Waals surface area contributed by atoms with E-state index in [-0.39, 0.29) is 30.2 Å². The Labute approximate surface area is 200 Å². The first-order valence-electron chi connectivity index (χ1n) is 12.1. The molecule has 5 rings (SSSR count). The molecule has 3 fully saturated rings. The van der Waals surface area contributed by atoms with Gasteiger partial charge in [-0.15, -0.1) is 0 Å². The first kappa shape index (κ1) is 22.6. The van der Waals surface area contributed by atoms with Gasteiger partial charge in [0.2, 0.25) is 11.8 Å². The molecular weight excluding hydrogens is 430 g/mol. The fourth-order valence-electron chi connectivity index (χ4n) is 5.05. The van der Waals surface area contributed by atoms with Crippen molar-refractivity contribution in [2.45, 2.75) is 50.9 Å². The molecule has 1 aliphatic carbocycles. The van der Waals surface area contributed by atoms with Gasteiger partial charge in [0, 0.05) is 44.0 Å². The highest BCUT2D eigenvalue weighted by molar-refractivity contribution is 5.98. The van der Waals surface area contributed by atoms with Crippen LogP contribution < -0.4 is 5.32 Å². The van der Waals surface area contributed by atoms with E-state index in [2.05, 4.69) is 5.32 Å². The van der Waals surface area contributed by atoms with Crippen LogP contribution in [0.25, 0.3) is 0 Å². The molecule has 1 saturated carbocycles. The van der Waals surface area contributed by atoms with Crippen LogP contribution in [-0.4, -0.2) is 59.0 Å². The quantitative estimate of drug-likeness (QED) is 0.743. The van der Waals surface area contributed by atoms with Gasteiger partial charge >= 0.3 is 0 Å². The molecule has 2 aliphatic heterocycles. The summed E-state index contributed by atoms with van der Waals surface area (Å²) >= 11 is 0. The van der Waals surface area contributed by atoms with Gasteiger partial charge in [0.05, 0.1) is 6.61 Å². The van der Waals surface area contributed by atoms with Crippen molar-refractivity contribution in [2.24, 2.45) is 5.92 Å². The van der Waals surface area contributed by atoms with Gasteiger partial charge < -0.3 is 15.0 Å². The zero-order valence-electron chi connectivity index (χ0n) is 19.5. The summed E-state index contributed by atoms with van der Waals surface area (Å²) in [5, 5.41) is 2.98. The highest BCUT2D eigenvalue weighted by atomic mass is 16.5. The SMILES string of the molecule is Cc1cccc(C(=O)N2[C@H](C(=O)NCc3ccccc3)COC23CCN(C(=O)C2CC2)CC3)c1. The zero-order valence-corrected chi connectivity index (χ0v) is 19.5. The van der Waals surface area contributed by atoms with Crippen molar-refractivity contribution in [1.29, 1.82) is 0 Å². The van der Waals surface area contributed by atoms with E-state index in [1.165, 1.54) is 0 Å². The Morgan fingerprint density at radius 3 is 2.44 bits per heavy atom. The lowest BCUT2D eigenvalue weighted by molar-refractivity contribution is -0.144. The average molecular weight is 462 g/mol. The van der Waals surface area contributed by atoms with E-state index in [0.29, 0.717) is 38.0 Å². The standard InChI is InChI=1S/C27H31N3O4/c1-19-6-5-9-22(16-19)26(33)30-23(24(31)28-17-20-7-3-2-4-8-20)18-34-27(30)12-14-29(15-13-27)25(32)21-10-11-21/h2-9,16,21,23H,10-15,17-18H2,1H3,(H,28,31)/t23-/m0/s1. The molecule has 3 aliphatic rings. The maximum absolute atomic E-state index is 13.8. The van der Waals surface area contributed by atoms with E-state index in [1.54, 1.807) is 11.0 Å². The van der Waals surface area contributed by atoms with E-state index in [4.69, 9.17) is 4.74 Å². The normalized spacial score (nSPS) is 21.5. The number of carbonyl (C=O) groups is 3. The van der Waals surface area contributed by atoms with Crippen LogP contribution in [0.3, 0.4) is 0 Å². The minimum Gasteiger partial charge on any atom is -0.353 e. The number of nitrogens with one attached hydrogen (secondary N) is 1. The Kier molecular flexibility index (Phi) is 6.13. The van der Waals surface area contributed by atoms with Gasteiger partial charge in [-0.05, 0) is 37.5 Å². The Morgan fingerprint density at radius 1 is 1.03 bits per heavy atom. The molecule has 0 aromatic heterocycles. The lowest BCUT2D eigenvalue weighted by atomic mass is 9.96. The summed E-state index contributed by atoms with van der Waals surface area (Å²) in [4.78, 5) is 43.2. The first-order valence-corrected chi connectivity index (χ1v) is 12.1. The van der Waals surface area contributed by atoms with Crippen LogP contribution in [-0.2, 0) is 20.9 Å². The second kappa shape index (κ2) is 9.22. The number of benzene rings is 2. The van der Waals surface area contributed by atoms with Gasteiger partial charge in [0.15, 0.2) is 0 Å². The number of ether oxygens (including phenoxy) is 1. The zero-order chi connectivity index (χ0) is 23.7. The van der Waals surface area contributed by atoms with Crippen molar-refractivity contribution in [1.82, 2.24) is 15.1 Å². The molecule has 2 aromatic carbocycles. The van der Waals surface area contributed by atoms with Crippen LogP contribution in [0.15, 0.2) is 54.6 Å². The number of piperidine rings is 1. The number of nitrogens with zero attached hydrogens (tertiary/aromatic N) is 2. The van der Waals surface area contributed by atoms with Crippen LogP contribution >= 0.6 is 0 Å². The Hall–Kier alpha value is -3.19. The predicted molar refractivity (Wildman–Crippen MR) is 127 cm³/mol. The third kappa shape index (κ3) is 4.44. The molecular formula is C27H31N3O4. The van der Waals surface area contributed by atoms with Crippen LogP contribution in [0.4, 0.5) is 0 Å². The summed E-state index contributed by atoms with van der Waals surface area (Å²) in [5.74, 6) is -0.0529. The molecule has 3 amide bonds. The van der Waals surface area contributed by atoms with Crippen molar-refractivity contribution >= 4 is 17.7 Å². The second-order valence-corrected chi connectivity index (χ2v) is 9.62. The van der Waals surface area contributed by atoms with Crippen LogP contribution in [0, 0.1) is 12.8 Å². The molecule has 0 bridgehead atoms. The summed E-state index contributed by atoms with van der Waals surface area (Å²) in [5.41, 5.74) is 1.64. The molecule has 2 heterocycles. The highest BCUT2D eigenvalue weighted by Gasteiger charge is 2.54. The Bertz CT molecular complexity index is 1070. The molecule has 34 heavy (non-hydrogen) atoms. The fourth-order valence-corrected chi connectivity index (χ4v) is 5.05. The van der Waals surface area contributed by atoms with Crippen LogP contribution in [0.1, 0.15) is 47.2 Å². The van der Waals surface area contributed by atoms with Crippen LogP contribution in [0.2, 0.25) is 0 Å². The van der Waals surface area contributed by atoms with Crippen LogP contribution in [0.5, 0.6) is 0 Å². The summed E-state index contributed by atoms with van der Waals surface area (Å²) in [7, 11) is 0. The van der Waals surface area contributed by atoms with Crippen molar-refractivity contribution in [3.8, 4) is 0 Å². The first-order chi connectivity index (χ1) is 16.5. The minimum absolute atomic E-state index is 0.148. The molecule has 178 valence electrons. The number of aryl methyl sites for hydroxylation is 1. The molecule has 0 unspecified atom stereocenters. The Balaban J connectivity index is 1.37. The minimum atomic E-state index is -0.879. The van der Waals surface area contributed by atoms with E-state index in [0.717, 1.165) is 24.0 Å². The van der Waals surface area contributed by atoms with E-state index >= 15 is 0 Å². The van der Waals surface area contributed by atoms with Crippen molar-refractivity contribution in [3.05, 3.63) is 71.3 Å². The molecule has 1 N–H and O–H groups in total. The van der Waals surface area contributed by atoms with Gasteiger partial charge in [-0.1, -0.05) is 48.0 Å². The summed E-state index contributed by atoms with van der Waals surface area (Å²) in [6.07, 6.45) is 2.95. The molecule has 2 saturated heterocycles. The fraction of sp³-hybridized carbons (Fsp3) is 0.444. The smallest absolute Gasteiger partial charge is 0.256 e. The molecule has 7 nitrogen and oxygen atoms in total. The molecule has 1 atom stereocenters. The lowest BCUT2D eigenvalue weighted by Gasteiger charge is -2.44. The number of hydrogen-bond donors (Lipinski definition) is 1. The van der Waals surface area contributed by atoms with Crippen molar-refractivity contribution < 1.29 is 19.1 Å². The number of hydrogen-bond acceptors (Lipinski definition) is 4. The summed E-state index contributed by atoms with van der Waals surface area (Å²) in [6.45, 7) is 3.55. The number of amides is 3.